The highest BCUT2D eigenvalue weighted by molar-refractivity contribution is 4.89. The Balaban J connectivity index is 1.88. The maximum absolute atomic E-state index is 9.76. The average Bonchev–Trinajstić information content (AvgIpc) is 2.46. The first kappa shape index (κ1) is 17.0. The summed E-state index contributed by atoms with van der Waals surface area (Å²) in [5.74, 6) is 0. The molecule has 2 fully saturated rings. The molecule has 0 aromatic rings. The quantitative estimate of drug-likeness (QED) is 0.310. The van der Waals surface area contributed by atoms with Crippen LogP contribution in [0.25, 0.3) is 0 Å². The molecule has 0 aliphatic carbocycles. The second-order valence-corrected chi connectivity index (χ2v) is 5.44. The zero-order valence-corrected chi connectivity index (χ0v) is 11.5. The van der Waals surface area contributed by atoms with E-state index in [0.717, 1.165) is 0 Å². The van der Waals surface area contributed by atoms with Crippen molar-refractivity contribution in [1.29, 1.82) is 0 Å². The van der Waals surface area contributed by atoms with E-state index in [-0.39, 0.29) is 13.2 Å². The third-order valence-electron chi connectivity index (χ3n) is 3.84. The summed E-state index contributed by atoms with van der Waals surface area (Å²) in [5, 5.41) is 57.5. The lowest BCUT2D eigenvalue weighted by Crippen LogP contribution is -2.59. The van der Waals surface area contributed by atoms with Crippen molar-refractivity contribution in [3.05, 3.63) is 0 Å². The molecule has 2 heterocycles. The Kier molecular flexibility index (Phi) is 5.52. The van der Waals surface area contributed by atoms with Crippen molar-refractivity contribution in [3.8, 4) is 0 Å². The second-order valence-electron chi connectivity index (χ2n) is 5.44. The number of aliphatic hydroxyl groups is 6. The first-order valence-corrected chi connectivity index (χ1v) is 6.80. The first-order valence-electron chi connectivity index (χ1n) is 6.80. The lowest BCUT2D eigenvalue weighted by molar-refractivity contribution is -0.304. The molecule has 0 unspecified atom stereocenters. The molecule has 0 aromatic heterocycles. The molecule has 0 radical (unpaired) electrons. The van der Waals surface area contributed by atoms with E-state index in [4.69, 9.17) is 14.2 Å². The molecule has 2 aliphatic rings. The van der Waals surface area contributed by atoms with Crippen LogP contribution in [0.3, 0.4) is 0 Å². The van der Waals surface area contributed by atoms with Crippen LogP contribution in [0, 0.1) is 0 Å². The maximum Gasteiger partial charge on any atom is 0.186 e. The minimum atomic E-state index is -1.45. The lowest BCUT2D eigenvalue weighted by atomic mass is 9.99. The van der Waals surface area contributed by atoms with Crippen LogP contribution in [-0.2, 0) is 14.2 Å². The Bertz CT molecular complexity index is 341. The van der Waals surface area contributed by atoms with E-state index in [1.54, 1.807) is 0 Å². The van der Waals surface area contributed by atoms with Crippen molar-refractivity contribution in [2.45, 2.75) is 62.0 Å². The third-order valence-corrected chi connectivity index (χ3v) is 3.84. The smallest absolute Gasteiger partial charge is 0.186 e. The molecule has 9 heteroatoms. The summed E-state index contributed by atoms with van der Waals surface area (Å²) < 4.78 is 15.6. The molecule has 0 aromatic carbocycles. The summed E-state index contributed by atoms with van der Waals surface area (Å²) in [5.41, 5.74) is 0. The average molecular weight is 310 g/mol. The van der Waals surface area contributed by atoms with E-state index in [1.807, 2.05) is 0 Å². The number of aliphatic hydroxyl groups excluding tert-OH is 6. The van der Waals surface area contributed by atoms with Gasteiger partial charge in [0.05, 0.1) is 19.3 Å². The summed E-state index contributed by atoms with van der Waals surface area (Å²) in [4.78, 5) is 0. The van der Waals surface area contributed by atoms with Crippen molar-refractivity contribution < 1.29 is 44.8 Å². The Labute approximate surface area is 121 Å². The number of ether oxygens (including phenoxy) is 3. The molecular weight excluding hydrogens is 288 g/mol. The molecule has 6 N–H and O–H groups in total. The van der Waals surface area contributed by atoms with Gasteiger partial charge in [0, 0.05) is 0 Å². The number of hydrogen-bond donors (Lipinski definition) is 6. The summed E-state index contributed by atoms with van der Waals surface area (Å²) >= 11 is 0. The van der Waals surface area contributed by atoms with Gasteiger partial charge in [0.1, 0.15) is 42.7 Å². The number of hydrogen-bond acceptors (Lipinski definition) is 9. The van der Waals surface area contributed by atoms with Gasteiger partial charge in [-0.3, -0.25) is 0 Å². The predicted molar refractivity (Wildman–Crippen MR) is 66.1 cm³/mol. The Morgan fingerprint density at radius 1 is 0.905 bits per heavy atom. The molecule has 21 heavy (non-hydrogen) atoms. The minimum absolute atomic E-state index is 0.155. The van der Waals surface area contributed by atoms with Gasteiger partial charge in [0.2, 0.25) is 0 Å². The number of rotatable bonds is 3. The van der Waals surface area contributed by atoms with Crippen LogP contribution in [0.5, 0.6) is 0 Å². The lowest BCUT2D eigenvalue weighted by Gasteiger charge is -2.40. The molecule has 9 atom stereocenters. The van der Waals surface area contributed by atoms with Crippen molar-refractivity contribution >= 4 is 0 Å². The molecule has 0 spiro atoms. The topological polar surface area (TPSA) is 149 Å². The van der Waals surface area contributed by atoms with Gasteiger partial charge in [-0.1, -0.05) is 0 Å². The maximum atomic E-state index is 9.76. The van der Waals surface area contributed by atoms with Gasteiger partial charge in [-0.15, -0.1) is 0 Å². The van der Waals surface area contributed by atoms with Crippen LogP contribution in [0.4, 0.5) is 0 Å². The third kappa shape index (κ3) is 3.52. The first-order chi connectivity index (χ1) is 9.82. The fourth-order valence-corrected chi connectivity index (χ4v) is 2.35. The molecule has 2 rings (SSSR count). The van der Waals surface area contributed by atoms with Gasteiger partial charge < -0.3 is 44.8 Å². The van der Waals surface area contributed by atoms with Crippen LogP contribution in [0.15, 0.2) is 0 Å². The van der Waals surface area contributed by atoms with E-state index in [1.165, 1.54) is 6.92 Å². The molecule has 9 nitrogen and oxygen atoms in total. The van der Waals surface area contributed by atoms with Crippen molar-refractivity contribution in [2.24, 2.45) is 0 Å². The highest BCUT2D eigenvalue weighted by atomic mass is 16.7. The highest BCUT2D eigenvalue weighted by Gasteiger charge is 2.44. The molecule has 0 amide bonds. The largest absolute Gasteiger partial charge is 0.388 e. The molecule has 124 valence electrons. The Hall–Kier alpha value is -0.360. The van der Waals surface area contributed by atoms with E-state index >= 15 is 0 Å². The molecule has 2 saturated heterocycles. The fourth-order valence-electron chi connectivity index (χ4n) is 2.35. The standard InChI is InChI=1S/C12H22O9/c1-4-7(14)10(17)11(18)12(21-4)20-3-6-9(16)8(15)5(13)2-19-6/h4-18H,2-3H2,1H3/t4-,5+,6-,7-,8-,9-,10+,11+,12-/m1/s1. The van der Waals surface area contributed by atoms with Crippen molar-refractivity contribution in [1.82, 2.24) is 0 Å². The van der Waals surface area contributed by atoms with Gasteiger partial charge in [0.15, 0.2) is 6.29 Å². The Morgan fingerprint density at radius 2 is 1.57 bits per heavy atom. The van der Waals surface area contributed by atoms with Crippen LogP contribution in [0.1, 0.15) is 6.92 Å². The SMILES string of the molecule is C[C@H]1O[C@@H](OC[C@H]2OC[C@H](O)[C@@H](O)[C@@H]2O)[C@@H](O)[C@@H](O)[C@@H]1O. The van der Waals surface area contributed by atoms with E-state index in [9.17, 15) is 30.6 Å². The summed E-state index contributed by atoms with van der Waals surface area (Å²) in [6.45, 7) is 1.14. The van der Waals surface area contributed by atoms with Gasteiger partial charge in [-0.2, -0.15) is 0 Å². The molecule has 0 bridgehead atoms. The fraction of sp³-hybridized carbons (Fsp3) is 1.00. The monoisotopic (exact) mass is 310 g/mol. The summed E-state index contributed by atoms with van der Waals surface area (Å²) in [6.07, 6.45) is -10.8. The van der Waals surface area contributed by atoms with Gasteiger partial charge in [-0.05, 0) is 6.92 Å². The second kappa shape index (κ2) is 6.82. The predicted octanol–water partition coefficient (Wildman–Crippen LogP) is -3.69. The normalized spacial score (nSPS) is 51.9. The molecule has 2 aliphatic heterocycles. The Morgan fingerprint density at radius 3 is 2.24 bits per heavy atom. The van der Waals surface area contributed by atoms with E-state index in [2.05, 4.69) is 0 Å². The van der Waals surface area contributed by atoms with Crippen LogP contribution >= 0.6 is 0 Å². The summed E-state index contributed by atoms with van der Waals surface area (Å²) in [6, 6.07) is 0. The minimum Gasteiger partial charge on any atom is -0.388 e. The highest BCUT2D eigenvalue weighted by Crippen LogP contribution is 2.23. The van der Waals surface area contributed by atoms with Gasteiger partial charge in [-0.25, -0.2) is 0 Å². The zero-order chi connectivity index (χ0) is 15.7. The summed E-state index contributed by atoms with van der Waals surface area (Å²) in [7, 11) is 0. The van der Waals surface area contributed by atoms with Gasteiger partial charge >= 0.3 is 0 Å². The van der Waals surface area contributed by atoms with Crippen LogP contribution in [-0.4, -0.2) is 99.0 Å². The zero-order valence-electron chi connectivity index (χ0n) is 11.5. The van der Waals surface area contributed by atoms with E-state index < -0.39 is 55.1 Å². The van der Waals surface area contributed by atoms with Gasteiger partial charge in [0.25, 0.3) is 0 Å². The molecule has 0 saturated carbocycles. The van der Waals surface area contributed by atoms with Crippen LogP contribution < -0.4 is 0 Å². The van der Waals surface area contributed by atoms with E-state index in [0.29, 0.717) is 0 Å². The van der Waals surface area contributed by atoms with Crippen LogP contribution in [0.2, 0.25) is 0 Å². The molecular formula is C12H22O9. The van der Waals surface area contributed by atoms with Crippen molar-refractivity contribution in [3.63, 3.8) is 0 Å². The van der Waals surface area contributed by atoms with Crippen molar-refractivity contribution in [2.75, 3.05) is 13.2 Å².